The second-order valence-electron chi connectivity index (χ2n) is 5.97. The van der Waals surface area contributed by atoms with E-state index in [4.69, 9.17) is 9.47 Å². The van der Waals surface area contributed by atoms with Crippen LogP contribution in [0.1, 0.15) is 31.4 Å². The summed E-state index contributed by atoms with van der Waals surface area (Å²) < 4.78 is 10.8. The molecule has 2 aromatic carbocycles. The van der Waals surface area contributed by atoms with Crippen LogP contribution in [-0.4, -0.2) is 25.2 Å². The molecule has 25 heavy (non-hydrogen) atoms. The number of ether oxygens (including phenoxy) is 2. The molecule has 132 valence electrons. The van der Waals surface area contributed by atoms with Gasteiger partial charge in [-0.25, -0.2) is 0 Å². The fraction of sp³-hybridized carbons (Fsp3) is 0.368. The highest BCUT2D eigenvalue weighted by Gasteiger charge is 2.28. The number of rotatable bonds is 6. The van der Waals surface area contributed by atoms with Crippen molar-refractivity contribution in [1.29, 1.82) is 0 Å². The van der Waals surface area contributed by atoms with Gasteiger partial charge in [0.15, 0.2) is 5.75 Å². The zero-order valence-corrected chi connectivity index (χ0v) is 14.5. The van der Waals surface area contributed by atoms with E-state index >= 15 is 0 Å². The van der Waals surface area contributed by atoms with E-state index in [-0.39, 0.29) is 11.7 Å². The molecule has 0 radical (unpaired) electrons. The molecule has 0 saturated carbocycles. The Morgan fingerprint density at radius 1 is 1.28 bits per heavy atom. The van der Waals surface area contributed by atoms with E-state index in [1.54, 1.807) is 19.2 Å². The Morgan fingerprint density at radius 2 is 2.12 bits per heavy atom. The van der Waals surface area contributed by atoms with Crippen LogP contribution < -0.4 is 14.4 Å². The third-order valence-electron chi connectivity index (χ3n) is 4.50. The van der Waals surface area contributed by atoms with E-state index < -0.39 is 4.92 Å². The lowest BCUT2D eigenvalue weighted by Gasteiger charge is -2.27. The summed E-state index contributed by atoms with van der Waals surface area (Å²) >= 11 is 0. The standard InChI is InChI=1S/C19H22N2O4/c1-3-25-19-13-15(9-10-18(19)21(22)23)20-11-5-8-17(20)14-6-4-7-16(12-14)24-2/h4,6-7,9-10,12-13,17H,3,5,8,11H2,1-2H3. The van der Waals surface area contributed by atoms with E-state index in [0.29, 0.717) is 12.4 Å². The van der Waals surface area contributed by atoms with Crippen LogP contribution in [0.3, 0.4) is 0 Å². The molecular formula is C19H22N2O4. The second kappa shape index (κ2) is 7.42. The number of nitro benzene ring substituents is 1. The maximum atomic E-state index is 11.2. The summed E-state index contributed by atoms with van der Waals surface area (Å²) in [6.45, 7) is 3.13. The number of nitrogens with zero attached hydrogens (tertiary/aromatic N) is 2. The van der Waals surface area contributed by atoms with Crippen molar-refractivity contribution in [3.63, 3.8) is 0 Å². The average molecular weight is 342 g/mol. The summed E-state index contributed by atoms with van der Waals surface area (Å²) in [4.78, 5) is 13.1. The molecule has 6 heteroatoms. The lowest BCUT2D eigenvalue weighted by molar-refractivity contribution is -0.385. The molecule has 0 amide bonds. The highest BCUT2D eigenvalue weighted by atomic mass is 16.6. The van der Waals surface area contributed by atoms with Gasteiger partial charge in [0.2, 0.25) is 0 Å². The van der Waals surface area contributed by atoms with Gasteiger partial charge in [-0.1, -0.05) is 12.1 Å². The highest BCUT2D eigenvalue weighted by molar-refractivity contribution is 5.61. The summed E-state index contributed by atoms with van der Waals surface area (Å²) in [6.07, 6.45) is 2.11. The van der Waals surface area contributed by atoms with Gasteiger partial charge >= 0.3 is 5.69 Å². The number of nitro groups is 1. The molecule has 0 N–H and O–H groups in total. The molecule has 0 aliphatic carbocycles. The maximum Gasteiger partial charge on any atom is 0.311 e. The monoisotopic (exact) mass is 342 g/mol. The van der Waals surface area contributed by atoms with Crippen LogP contribution in [0, 0.1) is 10.1 Å². The van der Waals surface area contributed by atoms with Gasteiger partial charge in [0.05, 0.1) is 24.7 Å². The Kier molecular flexibility index (Phi) is 5.07. The lowest BCUT2D eigenvalue weighted by atomic mass is 10.0. The maximum absolute atomic E-state index is 11.2. The Hall–Kier alpha value is -2.76. The minimum atomic E-state index is -0.404. The molecule has 1 saturated heterocycles. The zero-order valence-electron chi connectivity index (χ0n) is 14.5. The van der Waals surface area contributed by atoms with Crippen molar-refractivity contribution in [3.8, 4) is 11.5 Å². The quantitative estimate of drug-likeness (QED) is 0.577. The van der Waals surface area contributed by atoms with E-state index in [9.17, 15) is 10.1 Å². The first-order chi connectivity index (χ1) is 12.1. The smallest absolute Gasteiger partial charge is 0.311 e. The fourth-order valence-electron chi connectivity index (χ4n) is 3.37. The van der Waals surface area contributed by atoms with Crippen LogP contribution in [0.2, 0.25) is 0 Å². The predicted molar refractivity (Wildman–Crippen MR) is 96.6 cm³/mol. The van der Waals surface area contributed by atoms with E-state index in [2.05, 4.69) is 17.0 Å². The summed E-state index contributed by atoms with van der Waals surface area (Å²) in [5.74, 6) is 1.16. The molecule has 0 spiro atoms. The zero-order chi connectivity index (χ0) is 17.8. The number of hydrogen-bond donors (Lipinski definition) is 0. The lowest BCUT2D eigenvalue weighted by Crippen LogP contribution is -2.22. The largest absolute Gasteiger partial charge is 0.497 e. The SMILES string of the molecule is CCOc1cc(N2CCCC2c2cccc(OC)c2)ccc1[N+](=O)[O-]. The van der Waals surface area contributed by atoms with E-state index in [1.807, 2.05) is 19.1 Å². The Morgan fingerprint density at radius 3 is 2.84 bits per heavy atom. The van der Waals surface area contributed by atoms with Crippen molar-refractivity contribution in [3.05, 3.63) is 58.1 Å². The van der Waals surface area contributed by atoms with Gasteiger partial charge < -0.3 is 14.4 Å². The molecule has 2 aromatic rings. The van der Waals surface area contributed by atoms with Crippen LogP contribution >= 0.6 is 0 Å². The summed E-state index contributed by atoms with van der Waals surface area (Å²) in [7, 11) is 1.66. The normalized spacial score (nSPS) is 16.7. The average Bonchev–Trinajstić information content (AvgIpc) is 3.11. The third kappa shape index (κ3) is 3.52. The molecular weight excluding hydrogens is 320 g/mol. The minimum Gasteiger partial charge on any atom is -0.497 e. The highest BCUT2D eigenvalue weighted by Crippen LogP contribution is 2.40. The van der Waals surface area contributed by atoms with Crippen molar-refractivity contribution < 1.29 is 14.4 Å². The molecule has 1 unspecified atom stereocenters. The summed E-state index contributed by atoms with van der Waals surface area (Å²) in [6, 6.07) is 13.4. The van der Waals surface area contributed by atoms with Gasteiger partial charge in [-0.2, -0.15) is 0 Å². The number of anilines is 1. The van der Waals surface area contributed by atoms with E-state index in [1.165, 1.54) is 11.6 Å². The molecule has 0 aromatic heterocycles. The fourth-order valence-corrected chi connectivity index (χ4v) is 3.37. The first-order valence-electron chi connectivity index (χ1n) is 8.46. The van der Waals surface area contributed by atoms with Gasteiger partial charge in [-0.3, -0.25) is 10.1 Å². The van der Waals surface area contributed by atoms with Gasteiger partial charge in [0, 0.05) is 24.4 Å². The van der Waals surface area contributed by atoms with Crippen molar-refractivity contribution in [1.82, 2.24) is 0 Å². The number of hydrogen-bond acceptors (Lipinski definition) is 5. The molecule has 1 aliphatic rings. The van der Waals surface area contributed by atoms with Crippen LogP contribution in [0.15, 0.2) is 42.5 Å². The Balaban J connectivity index is 1.94. The van der Waals surface area contributed by atoms with Crippen molar-refractivity contribution in [2.45, 2.75) is 25.8 Å². The molecule has 3 rings (SSSR count). The Bertz CT molecular complexity index is 763. The minimum absolute atomic E-state index is 0.00253. The second-order valence-corrected chi connectivity index (χ2v) is 5.97. The first kappa shape index (κ1) is 17.1. The molecule has 1 fully saturated rings. The van der Waals surface area contributed by atoms with Gasteiger partial charge in [0.1, 0.15) is 5.75 Å². The number of methoxy groups -OCH3 is 1. The van der Waals surface area contributed by atoms with Gasteiger partial charge in [-0.15, -0.1) is 0 Å². The molecule has 6 nitrogen and oxygen atoms in total. The van der Waals surface area contributed by atoms with Crippen LogP contribution in [0.5, 0.6) is 11.5 Å². The summed E-state index contributed by atoms with van der Waals surface area (Å²) in [5, 5.41) is 11.2. The van der Waals surface area contributed by atoms with Crippen LogP contribution in [0.4, 0.5) is 11.4 Å². The van der Waals surface area contributed by atoms with Crippen molar-refractivity contribution in [2.24, 2.45) is 0 Å². The van der Waals surface area contributed by atoms with Crippen molar-refractivity contribution in [2.75, 3.05) is 25.2 Å². The first-order valence-corrected chi connectivity index (χ1v) is 8.46. The third-order valence-corrected chi connectivity index (χ3v) is 4.50. The Labute approximate surface area is 147 Å². The molecule has 1 heterocycles. The van der Waals surface area contributed by atoms with Crippen LogP contribution in [-0.2, 0) is 0 Å². The molecule has 0 bridgehead atoms. The van der Waals surface area contributed by atoms with Gasteiger partial charge in [0.25, 0.3) is 0 Å². The van der Waals surface area contributed by atoms with Crippen LogP contribution in [0.25, 0.3) is 0 Å². The number of benzene rings is 2. The summed E-state index contributed by atoms with van der Waals surface area (Å²) in [5.41, 5.74) is 2.13. The van der Waals surface area contributed by atoms with Gasteiger partial charge in [-0.05, 0) is 43.5 Å². The van der Waals surface area contributed by atoms with E-state index in [0.717, 1.165) is 30.8 Å². The van der Waals surface area contributed by atoms with Crippen molar-refractivity contribution >= 4 is 11.4 Å². The molecule has 1 atom stereocenters. The molecule has 1 aliphatic heterocycles. The topological polar surface area (TPSA) is 64.8 Å². The predicted octanol–water partition coefficient (Wildman–Crippen LogP) is 4.34.